The standard InChI is InChI=1S/C10H22N2/c1-9-8-10(2,3)12(5)7-6-11(9)4/h9H,6-8H2,1-5H3. The number of likely N-dealkylation sites (N-methyl/N-ethyl adjacent to an activating group) is 2. The van der Waals surface area contributed by atoms with Crippen LogP contribution in [0.5, 0.6) is 0 Å². The molecule has 0 N–H and O–H groups in total. The van der Waals surface area contributed by atoms with Crippen molar-refractivity contribution in [2.24, 2.45) is 0 Å². The van der Waals surface area contributed by atoms with Gasteiger partial charge in [-0.1, -0.05) is 0 Å². The number of hydrogen-bond acceptors (Lipinski definition) is 2. The van der Waals surface area contributed by atoms with Crippen molar-refractivity contribution >= 4 is 0 Å². The molecule has 1 rings (SSSR count). The van der Waals surface area contributed by atoms with Crippen molar-refractivity contribution in [3.63, 3.8) is 0 Å². The Labute approximate surface area is 76.5 Å². The third kappa shape index (κ3) is 1.99. The second-order valence-corrected chi connectivity index (χ2v) is 4.77. The van der Waals surface area contributed by atoms with Crippen molar-refractivity contribution in [3.8, 4) is 0 Å². The molecule has 1 fully saturated rings. The molecule has 72 valence electrons. The topological polar surface area (TPSA) is 6.48 Å². The van der Waals surface area contributed by atoms with E-state index in [4.69, 9.17) is 0 Å². The van der Waals surface area contributed by atoms with E-state index < -0.39 is 0 Å². The summed E-state index contributed by atoms with van der Waals surface area (Å²) in [6, 6.07) is 0.713. The quantitative estimate of drug-likeness (QED) is 0.542. The highest BCUT2D eigenvalue weighted by molar-refractivity contribution is 4.87. The number of hydrogen-bond donors (Lipinski definition) is 0. The van der Waals surface area contributed by atoms with E-state index in [9.17, 15) is 0 Å². The maximum absolute atomic E-state index is 2.47. The highest BCUT2D eigenvalue weighted by Crippen LogP contribution is 2.23. The minimum absolute atomic E-state index is 0.365. The van der Waals surface area contributed by atoms with Gasteiger partial charge in [-0.2, -0.15) is 0 Å². The van der Waals surface area contributed by atoms with Crippen LogP contribution in [0, 0.1) is 0 Å². The maximum atomic E-state index is 2.47. The smallest absolute Gasteiger partial charge is 0.0165 e. The second kappa shape index (κ2) is 3.35. The van der Waals surface area contributed by atoms with Gasteiger partial charge in [0.05, 0.1) is 0 Å². The predicted molar refractivity (Wildman–Crippen MR) is 53.4 cm³/mol. The third-order valence-corrected chi connectivity index (χ3v) is 3.37. The molecule has 12 heavy (non-hydrogen) atoms. The van der Waals surface area contributed by atoms with E-state index in [2.05, 4.69) is 44.7 Å². The molecule has 0 aromatic heterocycles. The summed E-state index contributed by atoms with van der Waals surface area (Å²) in [5, 5.41) is 0. The molecule has 0 spiro atoms. The van der Waals surface area contributed by atoms with Gasteiger partial charge in [0.1, 0.15) is 0 Å². The summed E-state index contributed by atoms with van der Waals surface area (Å²) >= 11 is 0. The van der Waals surface area contributed by atoms with Gasteiger partial charge in [-0.3, -0.25) is 4.90 Å². The molecule has 1 heterocycles. The van der Waals surface area contributed by atoms with Crippen molar-refractivity contribution in [1.82, 2.24) is 9.80 Å². The summed E-state index contributed by atoms with van der Waals surface area (Å²) in [4.78, 5) is 4.91. The van der Waals surface area contributed by atoms with Crippen LogP contribution in [0.1, 0.15) is 27.2 Å². The van der Waals surface area contributed by atoms with Crippen LogP contribution in [0.4, 0.5) is 0 Å². The SMILES string of the molecule is CC1CC(C)(C)N(C)CCN1C. The van der Waals surface area contributed by atoms with E-state index in [-0.39, 0.29) is 0 Å². The Morgan fingerprint density at radius 2 is 1.75 bits per heavy atom. The molecule has 0 aliphatic carbocycles. The van der Waals surface area contributed by atoms with E-state index in [1.54, 1.807) is 0 Å². The van der Waals surface area contributed by atoms with Gasteiger partial charge in [0.15, 0.2) is 0 Å². The van der Waals surface area contributed by atoms with Crippen LogP contribution in [0.25, 0.3) is 0 Å². The zero-order chi connectivity index (χ0) is 9.35. The monoisotopic (exact) mass is 170 g/mol. The lowest BCUT2D eigenvalue weighted by Crippen LogP contribution is -2.41. The average Bonchev–Trinajstić information content (AvgIpc) is 2.03. The molecule has 2 nitrogen and oxygen atoms in total. The fourth-order valence-electron chi connectivity index (χ4n) is 1.87. The molecule has 1 saturated heterocycles. The molecule has 1 aliphatic heterocycles. The highest BCUT2D eigenvalue weighted by atomic mass is 15.2. The summed E-state index contributed by atoms with van der Waals surface area (Å²) in [6.07, 6.45) is 1.26. The summed E-state index contributed by atoms with van der Waals surface area (Å²) in [5.41, 5.74) is 0.365. The third-order valence-electron chi connectivity index (χ3n) is 3.37. The van der Waals surface area contributed by atoms with Gasteiger partial charge in [-0.25, -0.2) is 0 Å². The first-order valence-electron chi connectivity index (χ1n) is 4.85. The lowest BCUT2D eigenvalue weighted by molar-refractivity contribution is 0.158. The van der Waals surface area contributed by atoms with Gasteiger partial charge in [-0.05, 0) is 41.3 Å². The Kier molecular flexibility index (Phi) is 2.79. The predicted octanol–water partition coefficient (Wildman–Crippen LogP) is 1.42. The average molecular weight is 170 g/mol. The lowest BCUT2D eigenvalue weighted by atomic mass is 9.95. The minimum Gasteiger partial charge on any atom is -0.302 e. The van der Waals surface area contributed by atoms with Crippen LogP contribution in [-0.4, -0.2) is 48.6 Å². The Bertz CT molecular complexity index is 154. The number of nitrogens with zero attached hydrogens (tertiary/aromatic N) is 2. The van der Waals surface area contributed by atoms with Gasteiger partial charge in [0.2, 0.25) is 0 Å². The Hall–Kier alpha value is -0.0800. The van der Waals surface area contributed by atoms with Gasteiger partial charge >= 0.3 is 0 Å². The fraction of sp³-hybridized carbons (Fsp3) is 1.00. The van der Waals surface area contributed by atoms with Crippen LogP contribution in [0.3, 0.4) is 0 Å². The van der Waals surface area contributed by atoms with Crippen molar-refractivity contribution in [3.05, 3.63) is 0 Å². The van der Waals surface area contributed by atoms with Crippen LogP contribution >= 0.6 is 0 Å². The zero-order valence-electron chi connectivity index (χ0n) is 9.09. The van der Waals surface area contributed by atoms with Crippen molar-refractivity contribution in [2.75, 3.05) is 27.2 Å². The first kappa shape index (κ1) is 10.0. The van der Waals surface area contributed by atoms with Crippen molar-refractivity contribution in [1.29, 1.82) is 0 Å². The van der Waals surface area contributed by atoms with E-state index in [0.717, 1.165) is 0 Å². The molecule has 0 aromatic rings. The normalized spacial score (nSPS) is 33.2. The molecule has 0 radical (unpaired) electrons. The molecule has 0 bridgehead atoms. The molecule has 0 aromatic carbocycles. The van der Waals surface area contributed by atoms with Gasteiger partial charge in [0.25, 0.3) is 0 Å². The molecule has 2 heteroatoms. The summed E-state index contributed by atoms with van der Waals surface area (Å²) in [7, 11) is 4.45. The van der Waals surface area contributed by atoms with E-state index in [1.807, 2.05) is 0 Å². The van der Waals surface area contributed by atoms with E-state index in [1.165, 1.54) is 19.5 Å². The van der Waals surface area contributed by atoms with E-state index in [0.29, 0.717) is 11.6 Å². The van der Waals surface area contributed by atoms with E-state index >= 15 is 0 Å². The maximum Gasteiger partial charge on any atom is 0.0165 e. The molecule has 0 amide bonds. The van der Waals surface area contributed by atoms with Gasteiger partial charge < -0.3 is 4.90 Å². The van der Waals surface area contributed by atoms with Crippen LogP contribution in [0.2, 0.25) is 0 Å². The molecule has 1 unspecified atom stereocenters. The lowest BCUT2D eigenvalue weighted by Gasteiger charge is -2.34. The Balaban J connectivity index is 2.68. The molecular weight excluding hydrogens is 148 g/mol. The molecule has 1 atom stereocenters. The number of rotatable bonds is 0. The van der Waals surface area contributed by atoms with Crippen molar-refractivity contribution in [2.45, 2.75) is 38.8 Å². The summed E-state index contributed by atoms with van der Waals surface area (Å²) < 4.78 is 0. The molecule has 0 saturated carbocycles. The van der Waals surface area contributed by atoms with Crippen LogP contribution < -0.4 is 0 Å². The first-order chi connectivity index (χ1) is 5.43. The fourth-order valence-corrected chi connectivity index (χ4v) is 1.87. The molecule has 1 aliphatic rings. The van der Waals surface area contributed by atoms with Gasteiger partial charge in [-0.15, -0.1) is 0 Å². The van der Waals surface area contributed by atoms with Crippen molar-refractivity contribution < 1.29 is 0 Å². The largest absolute Gasteiger partial charge is 0.302 e. The Morgan fingerprint density at radius 3 is 2.33 bits per heavy atom. The highest BCUT2D eigenvalue weighted by Gasteiger charge is 2.30. The van der Waals surface area contributed by atoms with Crippen LogP contribution in [-0.2, 0) is 0 Å². The summed E-state index contributed by atoms with van der Waals surface area (Å²) in [5.74, 6) is 0. The summed E-state index contributed by atoms with van der Waals surface area (Å²) in [6.45, 7) is 9.38. The molecular formula is C10H22N2. The van der Waals surface area contributed by atoms with Gasteiger partial charge in [0, 0.05) is 24.7 Å². The second-order valence-electron chi connectivity index (χ2n) is 4.77. The minimum atomic E-state index is 0.365. The first-order valence-corrected chi connectivity index (χ1v) is 4.85. The zero-order valence-corrected chi connectivity index (χ0v) is 9.09. The Morgan fingerprint density at radius 1 is 1.17 bits per heavy atom. The van der Waals surface area contributed by atoms with Crippen LogP contribution in [0.15, 0.2) is 0 Å².